The lowest BCUT2D eigenvalue weighted by Crippen LogP contribution is -2.32. The molecule has 16 heavy (non-hydrogen) atoms. The first kappa shape index (κ1) is 12.3. The zero-order valence-electron chi connectivity index (χ0n) is 9.24. The van der Waals surface area contributed by atoms with Crippen LogP contribution in [0.2, 0.25) is 0 Å². The number of hydrogen-bond acceptors (Lipinski definition) is 3. The Bertz CT molecular complexity index is 369. The maximum absolute atomic E-state index is 11.9. The number of rotatable bonds is 5. The highest BCUT2D eigenvalue weighted by atomic mass is 79.9. The van der Waals surface area contributed by atoms with Gasteiger partial charge in [0.2, 0.25) is 0 Å². The van der Waals surface area contributed by atoms with E-state index in [1.54, 1.807) is 11.3 Å². The molecular formula is C12H15BrO2S. The molecule has 2 nitrogen and oxygen atoms in total. The first-order chi connectivity index (χ1) is 7.70. The molecule has 0 amide bonds. The van der Waals surface area contributed by atoms with Crippen LogP contribution in [0.1, 0.15) is 36.5 Å². The van der Waals surface area contributed by atoms with Gasteiger partial charge in [-0.2, -0.15) is 11.3 Å². The molecule has 1 aliphatic carbocycles. The molecule has 88 valence electrons. The molecule has 0 N–H and O–H groups in total. The lowest BCUT2D eigenvalue weighted by Gasteiger charge is -2.34. The molecule has 0 radical (unpaired) electrons. The lowest BCUT2D eigenvalue weighted by atomic mass is 9.78. The van der Waals surface area contributed by atoms with Crippen molar-refractivity contribution in [1.82, 2.24) is 0 Å². The van der Waals surface area contributed by atoms with Gasteiger partial charge in [0.25, 0.3) is 0 Å². The summed E-state index contributed by atoms with van der Waals surface area (Å²) < 4.78 is 6.42. The zero-order valence-corrected chi connectivity index (χ0v) is 11.6. The first-order valence-corrected chi connectivity index (χ1v) is 7.30. The molecule has 0 bridgehead atoms. The predicted molar refractivity (Wildman–Crippen MR) is 69.1 cm³/mol. The Labute approximate surface area is 108 Å². The van der Waals surface area contributed by atoms with Gasteiger partial charge >= 0.3 is 0 Å². The third kappa shape index (κ3) is 2.73. The highest BCUT2D eigenvalue weighted by molar-refractivity contribution is 9.10. The van der Waals surface area contributed by atoms with Crippen LogP contribution < -0.4 is 0 Å². The summed E-state index contributed by atoms with van der Waals surface area (Å²) in [7, 11) is 0. The second-order valence-corrected chi connectivity index (χ2v) is 5.77. The van der Waals surface area contributed by atoms with Crippen molar-refractivity contribution in [2.75, 3.05) is 6.61 Å². The quantitative estimate of drug-likeness (QED) is 0.771. The van der Waals surface area contributed by atoms with Crippen LogP contribution in [0.15, 0.2) is 15.2 Å². The van der Waals surface area contributed by atoms with Crippen molar-refractivity contribution in [1.29, 1.82) is 0 Å². The van der Waals surface area contributed by atoms with Crippen molar-refractivity contribution in [3.8, 4) is 0 Å². The van der Waals surface area contributed by atoms with Crippen molar-refractivity contribution < 1.29 is 9.53 Å². The van der Waals surface area contributed by atoms with Gasteiger partial charge in [0.15, 0.2) is 5.78 Å². The topological polar surface area (TPSA) is 26.3 Å². The van der Waals surface area contributed by atoms with Crippen LogP contribution in [0, 0.1) is 5.92 Å². The summed E-state index contributed by atoms with van der Waals surface area (Å²) >= 11 is 4.96. The van der Waals surface area contributed by atoms with E-state index in [-0.39, 0.29) is 5.78 Å². The molecule has 4 heteroatoms. The van der Waals surface area contributed by atoms with Gasteiger partial charge in [-0.15, -0.1) is 0 Å². The van der Waals surface area contributed by atoms with Gasteiger partial charge in [-0.1, -0.05) is 0 Å². The summed E-state index contributed by atoms with van der Waals surface area (Å²) in [4.78, 5) is 11.9. The Kier molecular flexibility index (Phi) is 4.16. The van der Waals surface area contributed by atoms with Crippen molar-refractivity contribution in [3.05, 3.63) is 20.8 Å². The van der Waals surface area contributed by atoms with Crippen LogP contribution in [0.3, 0.4) is 0 Å². The number of hydrogen-bond donors (Lipinski definition) is 0. The summed E-state index contributed by atoms with van der Waals surface area (Å²) in [6.07, 6.45) is 3.15. The molecule has 1 aromatic rings. The van der Waals surface area contributed by atoms with Gasteiger partial charge in [0, 0.05) is 33.8 Å². The predicted octanol–water partition coefficient (Wildman–Crippen LogP) is 3.90. The number of carbonyl (C=O) groups is 1. The van der Waals surface area contributed by atoms with Crippen LogP contribution >= 0.6 is 27.3 Å². The maximum atomic E-state index is 11.9. The number of thiophene rings is 1. The van der Waals surface area contributed by atoms with Crippen molar-refractivity contribution >= 4 is 33.0 Å². The van der Waals surface area contributed by atoms with Crippen molar-refractivity contribution in [2.24, 2.45) is 5.92 Å². The van der Waals surface area contributed by atoms with Gasteiger partial charge in [0.05, 0.1) is 6.10 Å². The molecule has 1 heterocycles. The van der Waals surface area contributed by atoms with Crippen LogP contribution in [-0.2, 0) is 4.74 Å². The molecule has 0 spiro atoms. The van der Waals surface area contributed by atoms with E-state index >= 15 is 0 Å². The Hall–Kier alpha value is -0.190. The van der Waals surface area contributed by atoms with E-state index in [1.165, 1.54) is 0 Å². The molecule has 1 aliphatic rings. The summed E-state index contributed by atoms with van der Waals surface area (Å²) in [6, 6.07) is 0. The summed E-state index contributed by atoms with van der Waals surface area (Å²) in [5.74, 6) is 0.781. The SMILES string of the molecule is CCOC1CC(CC(=O)c2cscc2Br)C1. The number of ether oxygens (including phenoxy) is 1. The normalized spacial score (nSPS) is 24.1. The molecule has 1 fully saturated rings. The molecule has 0 aromatic carbocycles. The molecule has 2 rings (SSSR count). The van der Waals surface area contributed by atoms with E-state index in [0.717, 1.165) is 29.5 Å². The van der Waals surface area contributed by atoms with Gasteiger partial charge in [0.1, 0.15) is 0 Å². The lowest BCUT2D eigenvalue weighted by molar-refractivity contribution is -0.0246. The summed E-state index contributed by atoms with van der Waals surface area (Å²) in [5.41, 5.74) is 0.838. The summed E-state index contributed by atoms with van der Waals surface area (Å²) in [6.45, 7) is 2.79. The summed E-state index contributed by atoms with van der Waals surface area (Å²) in [5, 5.41) is 3.88. The smallest absolute Gasteiger partial charge is 0.165 e. The average Bonchev–Trinajstić information content (AvgIpc) is 2.61. The maximum Gasteiger partial charge on any atom is 0.165 e. The van der Waals surface area contributed by atoms with Gasteiger partial charge < -0.3 is 4.74 Å². The number of halogens is 1. The van der Waals surface area contributed by atoms with Crippen molar-refractivity contribution in [3.63, 3.8) is 0 Å². The van der Waals surface area contributed by atoms with E-state index in [1.807, 2.05) is 17.7 Å². The average molecular weight is 303 g/mol. The van der Waals surface area contributed by atoms with Crippen LogP contribution in [0.5, 0.6) is 0 Å². The highest BCUT2D eigenvalue weighted by Gasteiger charge is 2.31. The minimum atomic E-state index is 0.257. The largest absolute Gasteiger partial charge is 0.378 e. The van der Waals surface area contributed by atoms with Crippen LogP contribution in [0.4, 0.5) is 0 Å². The molecule has 1 aromatic heterocycles. The van der Waals surface area contributed by atoms with Crippen LogP contribution in [-0.4, -0.2) is 18.5 Å². The number of carbonyl (C=O) groups excluding carboxylic acids is 1. The third-order valence-corrected chi connectivity index (χ3v) is 4.69. The number of ketones is 1. The van der Waals surface area contributed by atoms with E-state index < -0.39 is 0 Å². The molecule has 0 atom stereocenters. The van der Waals surface area contributed by atoms with Gasteiger partial charge in [-0.05, 0) is 41.6 Å². The van der Waals surface area contributed by atoms with Gasteiger partial charge in [-0.25, -0.2) is 0 Å². The minimum Gasteiger partial charge on any atom is -0.378 e. The van der Waals surface area contributed by atoms with E-state index in [2.05, 4.69) is 15.9 Å². The highest BCUT2D eigenvalue weighted by Crippen LogP contribution is 2.34. The van der Waals surface area contributed by atoms with E-state index in [9.17, 15) is 4.79 Å². The van der Waals surface area contributed by atoms with Gasteiger partial charge in [-0.3, -0.25) is 4.79 Å². The number of Topliss-reactive ketones (excluding diaryl/α,β-unsaturated/α-hetero) is 1. The Balaban J connectivity index is 1.80. The molecular weight excluding hydrogens is 288 g/mol. The first-order valence-electron chi connectivity index (χ1n) is 5.57. The zero-order chi connectivity index (χ0) is 11.5. The molecule has 0 unspecified atom stereocenters. The standard InChI is InChI=1S/C12H15BrO2S/c1-2-15-9-3-8(4-9)5-12(14)10-6-16-7-11(10)13/h6-9H,2-5H2,1H3. The monoisotopic (exact) mass is 302 g/mol. The fourth-order valence-corrected chi connectivity index (χ4v) is 3.59. The Morgan fingerprint density at radius 2 is 2.31 bits per heavy atom. The Morgan fingerprint density at radius 3 is 2.88 bits per heavy atom. The fraction of sp³-hybridized carbons (Fsp3) is 0.583. The second kappa shape index (κ2) is 5.43. The fourth-order valence-electron chi connectivity index (χ4n) is 2.07. The van der Waals surface area contributed by atoms with E-state index in [0.29, 0.717) is 18.4 Å². The molecule has 0 saturated heterocycles. The van der Waals surface area contributed by atoms with E-state index in [4.69, 9.17) is 4.74 Å². The minimum absolute atomic E-state index is 0.257. The third-order valence-electron chi connectivity index (χ3n) is 2.98. The second-order valence-electron chi connectivity index (χ2n) is 4.18. The molecule has 1 saturated carbocycles. The van der Waals surface area contributed by atoms with Crippen LogP contribution in [0.25, 0.3) is 0 Å². The van der Waals surface area contributed by atoms with Crippen molar-refractivity contribution in [2.45, 2.75) is 32.3 Å². The Morgan fingerprint density at radius 1 is 1.56 bits per heavy atom. The molecule has 0 aliphatic heterocycles.